The van der Waals surface area contributed by atoms with Crippen molar-refractivity contribution in [1.82, 2.24) is 5.32 Å². The van der Waals surface area contributed by atoms with Gasteiger partial charge in [0.2, 0.25) is 5.91 Å². The topological polar surface area (TPSA) is 55.1 Å². The van der Waals surface area contributed by atoms with Crippen LogP contribution < -0.4 is 11.1 Å². The van der Waals surface area contributed by atoms with Crippen LogP contribution in [0.25, 0.3) is 0 Å². The van der Waals surface area contributed by atoms with Crippen LogP contribution >= 0.6 is 12.4 Å². The maximum absolute atomic E-state index is 10.8. The number of nitrogens with two attached hydrogens (primary N) is 1. The smallest absolute Gasteiger partial charge is 0.236 e. The zero-order chi connectivity index (χ0) is 7.98. The van der Waals surface area contributed by atoms with E-state index >= 15 is 0 Å². The van der Waals surface area contributed by atoms with Crippen molar-refractivity contribution in [2.45, 2.75) is 32.2 Å². The molecular weight excluding hydrogens is 164 g/mol. The molecule has 1 unspecified atom stereocenters. The van der Waals surface area contributed by atoms with E-state index < -0.39 is 0 Å². The molecule has 1 atom stereocenters. The third-order valence-electron chi connectivity index (χ3n) is 1.45. The zero-order valence-corrected chi connectivity index (χ0v) is 7.91. The van der Waals surface area contributed by atoms with Crippen LogP contribution in [0.5, 0.6) is 0 Å². The summed E-state index contributed by atoms with van der Waals surface area (Å²) in [6.07, 6.45) is 2.90. The third-order valence-corrected chi connectivity index (χ3v) is 1.45. The summed E-state index contributed by atoms with van der Waals surface area (Å²) in [4.78, 5) is 10.8. The first-order chi connectivity index (χ1) is 4.72. The van der Waals surface area contributed by atoms with Crippen molar-refractivity contribution in [1.29, 1.82) is 0 Å². The highest BCUT2D eigenvalue weighted by molar-refractivity contribution is 5.85. The number of halogens is 1. The lowest BCUT2D eigenvalue weighted by atomic mass is 10.1. The predicted octanol–water partition coefficient (Wildman–Crippen LogP) is 0.672. The molecule has 0 aliphatic rings. The molecule has 3 nitrogen and oxygen atoms in total. The fraction of sp³-hybridized carbons (Fsp3) is 0.857. The van der Waals surface area contributed by atoms with E-state index in [1.807, 2.05) is 0 Å². The molecule has 0 spiro atoms. The lowest BCUT2D eigenvalue weighted by Crippen LogP contribution is -2.38. The molecule has 0 heterocycles. The van der Waals surface area contributed by atoms with Gasteiger partial charge in [-0.1, -0.05) is 19.8 Å². The van der Waals surface area contributed by atoms with Crippen molar-refractivity contribution in [3.8, 4) is 0 Å². The molecule has 4 heteroatoms. The summed E-state index contributed by atoms with van der Waals surface area (Å²) in [5.41, 5.74) is 5.50. The monoisotopic (exact) mass is 180 g/mol. The Labute approximate surface area is 74.1 Å². The molecule has 0 rings (SSSR count). The van der Waals surface area contributed by atoms with Crippen LogP contribution in [0.1, 0.15) is 26.2 Å². The fourth-order valence-corrected chi connectivity index (χ4v) is 0.741. The Balaban J connectivity index is 0. The molecule has 0 aromatic heterocycles. The Kier molecular flexibility index (Phi) is 9.47. The molecule has 0 saturated carbocycles. The molecule has 11 heavy (non-hydrogen) atoms. The summed E-state index contributed by atoms with van der Waals surface area (Å²) in [5, 5.41) is 2.51. The van der Waals surface area contributed by atoms with E-state index in [0.29, 0.717) is 0 Å². The van der Waals surface area contributed by atoms with E-state index in [1.54, 1.807) is 7.05 Å². The number of amides is 1. The lowest BCUT2D eigenvalue weighted by Gasteiger charge is -2.07. The first-order valence-corrected chi connectivity index (χ1v) is 3.69. The Morgan fingerprint density at radius 1 is 1.64 bits per heavy atom. The summed E-state index contributed by atoms with van der Waals surface area (Å²) in [5.74, 6) is -0.0616. The van der Waals surface area contributed by atoms with Crippen LogP contribution in [-0.4, -0.2) is 19.0 Å². The van der Waals surface area contributed by atoms with E-state index in [2.05, 4.69) is 12.2 Å². The Morgan fingerprint density at radius 2 is 2.18 bits per heavy atom. The van der Waals surface area contributed by atoms with Crippen LogP contribution in [0, 0.1) is 0 Å². The van der Waals surface area contributed by atoms with Crippen LogP contribution in [0.2, 0.25) is 0 Å². The first kappa shape index (κ1) is 13.3. The Bertz CT molecular complexity index is 109. The highest BCUT2D eigenvalue weighted by Crippen LogP contribution is 1.97. The standard InChI is InChI=1S/C7H16N2O.ClH/c1-3-4-5-6(8)7(10)9-2;/h6H,3-5,8H2,1-2H3,(H,9,10);1H. The van der Waals surface area contributed by atoms with Gasteiger partial charge in [-0.25, -0.2) is 0 Å². The van der Waals surface area contributed by atoms with Crippen molar-refractivity contribution >= 4 is 18.3 Å². The number of carbonyl (C=O) groups is 1. The minimum Gasteiger partial charge on any atom is -0.358 e. The number of nitrogens with one attached hydrogen (secondary N) is 1. The molecule has 0 bridgehead atoms. The summed E-state index contributed by atoms with van der Waals surface area (Å²) < 4.78 is 0. The van der Waals surface area contributed by atoms with Gasteiger partial charge in [-0.15, -0.1) is 12.4 Å². The van der Waals surface area contributed by atoms with Gasteiger partial charge in [0, 0.05) is 7.05 Å². The minimum absolute atomic E-state index is 0. The molecular formula is C7H17ClN2O. The van der Waals surface area contributed by atoms with Crippen molar-refractivity contribution in [2.75, 3.05) is 7.05 Å². The highest BCUT2D eigenvalue weighted by Gasteiger charge is 2.08. The molecule has 0 aliphatic heterocycles. The summed E-state index contributed by atoms with van der Waals surface area (Å²) in [7, 11) is 1.61. The van der Waals surface area contributed by atoms with Gasteiger partial charge < -0.3 is 11.1 Å². The van der Waals surface area contributed by atoms with Gasteiger partial charge in [-0.3, -0.25) is 4.79 Å². The molecule has 0 radical (unpaired) electrons. The summed E-state index contributed by atoms with van der Waals surface area (Å²) in [6.45, 7) is 2.08. The SMILES string of the molecule is CCCCC(N)C(=O)NC.Cl. The van der Waals surface area contributed by atoms with Gasteiger partial charge >= 0.3 is 0 Å². The van der Waals surface area contributed by atoms with E-state index in [4.69, 9.17) is 5.73 Å². The average molecular weight is 181 g/mol. The molecule has 0 aromatic carbocycles. The lowest BCUT2D eigenvalue weighted by molar-refractivity contribution is -0.122. The maximum atomic E-state index is 10.8. The van der Waals surface area contributed by atoms with Gasteiger partial charge in [0.1, 0.15) is 0 Å². The number of hydrogen-bond acceptors (Lipinski definition) is 2. The molecule has 0 saturated heterocycles. The largest absolute Gasteiger partial charge is 0.358 e. The van der Waals surface area contributed by atoms with Crippen LogP contribution in [0.15, 0.2) is 0 Å². The number of unbranched alkanes of at least 4 members (excludes halogenated alkanes) is 1. The second-order valence-corrected chi connectivity index (χ2v) is 2.36. The van der Waals surface area contributed by atoms with E-state index in [0.717, 1.165) is 19.3 Å². The number of hydrogen-bond donors (Lipinski definition) is 2. The van der Waals surface area contributed by atoms with Crippen molar-refractivity contribution in [3.63, 3.8) is 0 Å². The predicted molar refractivity (Wildman–Crippen MR) is 48.8 cm³/mol. The average Bonchev–Trinajstić information content (AvgIpc) is 1.98. The molecule has 0 fully saturated rings. The normalized spacial score (nSPS) is 11.5. The van der Waals surface area contributed by atoms with Gasteiger partial charge in [0.05, 0.1) is 6.04 Å². The number of rotatable bonds is 4. The van der Waals surface area contributed by atoms with Gasteiger partial charge in [0.15, 0.2) is 0 Å². The molecule has 68 valence electrons. The maximum Gasteiger partial charge on any atom is 0.236 e. The second-order valence-electron chi connectivity index (χ2n) is 2.36. The van der Waals surface area contributed by atoms with E-state index in [9.17, 15) is 4.79 Å². The van der Waals surface area contributed by atoms with Gasteiger partial charge in [-0.05, 0) is 6.42 Å². The minimum atomic E-state index is -0.315. The Morgan fingerprint density at radius 3 is 2.55 bits per heavy atom. The van der Waals surface area contributed by atoms with Gasteiger partial charge in [0.25, 0.3) is 0 Å². The molecule has 3 N–H and O–H groups in total. The van der Waals surface area contributed by atoms with Gasteiger partial charge in [-0.2, -0.15) is 0 Å². The second kappa shape index (κ2) is 7.82. The zero-order valence-electron chi connectivity index (χ0n) is 7.09. The van der Waals surface area contributed by atoms with Crippen molar-refractivity contribution < 1.29 is 4.79 Å². The third kappa shape index (κ3) is 6.13. The summed E-state index contributed by atoms with van der Waals surface area (Å²) in [6, 6.07) is -0.315. The van der Waals surface area contributed by atoms with Crippen LogP contribution in [0.3, 0.4) is 0 Å². The van der Waals surface area contributed by atoms with Crippen LogP contribution in [-0.2, 0) is 4.79 Å². The Hall–Kier alpha value is -0.280. The molecule has 1 amide bonds. The van der Waals surface area contributed by atoms with E-state index in [1.165, 1.54) is 0 Å². The fourth-order valence-electron chi connectivity index (χ4n) is 0.741. The number of likely N-dealkylation sites (N-methyl/N-ethyl adjacent to an activating group) is 1. The molecule has 0 aromatic rings. The first-order valence-electron chi connectivity index (χ1n) is 3.69. The van der Waals surface area contributed by atoms with Crippen molar-refractivity contribution in [3.05, 3.63) is 0 Å². The van der Waals surface area contributed by atoms with Crippen molar-refractivity contribution in [2.24, 2.45) is 5.73 Å². The number of carbonyl (C=O) groups excluding carboxylic acids is 1. The summed E-state index contributed by atoms with van der Waals surface area (Å²) >= 11 is 0. The van der Waals surface area contributed by atoms with Crippen LogP contribution in [0.4, 0.5) is 0 Å². The van der Waals surface area contributed by atoms with E-state index in [-0.39, 0.29) is 24.4 Å². The quantitative estimate of drug-likeness (QED) is 0.669. The molecule has 0 aliphatic carbocycles. The highest BCUT2D eigenvalue weighted by atomic mass is 35.5.